The summed E-state index contributed by atoms with van der Waals surface area (Å²) in [5.74, 6) is -0.338. The third-order valence-electron chi connectivity index (χ3n) is 5.16. The molecule has 3 rings (SSSR count). The summed E-state index contributed by atoms with van der Waals surface area (Å²) in [6.07, 6.45) is 1.19. The lowest BCUT2D eigenvalue weighted by molar-refractivity contribution is -0.197. The van der Waals surface area contributed by atoms with Gasteiger partial charge >= 0.3 is 0 Å². The number of aliphatic hydroxyl groups is 1. The van der Waals surface area contributed by atoms with Crippen molar-refractivity contribution in [3.05, 3.63) is 33.8 Å². The smallest absolute Gasteiger partial charge is 0.253 e. The fraction of sp³-hybridized carbons (Fsp3) is 0.588. The highest BCUT2D eigenvalue weighted by atomic mass is 35.5. The second-order valence-electron chi connectivity index (χ2n) is 6.79. The van der Waals surface area contributed by atoms with Crippen LogP contribution in [-0.4, -0.2) is 48.0 Å². The maximum Gasteiger partial charge on any atom is 0.253 e. The van der Waals surface area contributed by atoms with Crippen LogP contribution in [0.4, 0.5) is 0 Å². The summed E-state index contributed by atoms with van der Waals surface area (Å²) < 4.78 is 5.96. The molecule has 140 valence electrons. The zero-order valence-electron chi connectivity index (χ0n) is 14.0. The van der Waals surface area contributed by atoms with E-state index in [0.29, 0.717) is 23.6 Å². The Morgan fingerprint density at radius 2 is 2.00 bits per heavy atom. The van der Waals surface area contributed by atoms with Gasteiger partial charge in [-0.2, -0.15) is 0 Å². The van der Waals surface area contributed by atoms with Gasteiger partial charge in [-0.25, -0.2) is 0 Å². The quantitative estimate of drug-likeness (QED) is 0.702. The molecule has 5 nitrogen and oxygen atoms in total. The van der Waals surface area contributed by atoms with Gasteiger partial charge < -0.3 is 20.5 Å². The molecule has 0 aromatic heterocycles. The number of amides is 1. The Balaban J connectivity index is 0.00000225. The average Bonchev–Trinajstić information content (AvgIpc) is 2.56. The summed E-state index contributed by atoms with van der Waals surface area (Å²) in [4.78, 5) is 12.7. The van der Waals surface area contributed by atoms with Crippen molar-refractivity contribution in [1.29, 1.82) is 0 Å². The van der Waals surface area contributed by atoms with Crippen LogP contribution in [0.1, 0.15) is 36.5 Å². The highest BCUT2D eigenvalue weighted by Crippen LogP contribution is 2.39. The van der Waals surface area contributed by atoms with Crippen molar-refractivity contribution in [1.82, 2.24) is 10.6 Å². The molecule has 2 saturated heterocycles. The van der Waals surface area contributed by atoms with Gasteiger partial charge in [-0.05, 0) is 51.4 Å². The van der Waals surface area contributed by atoms with E-state index in [0.717, 1.165) is 25.9 Å². The standard InChI is InChI=1S/C17H22Cl2N2O3.ClH/c1-16(21-14(22)11-3-2-4-12(18)13(11)19)7-10-24-17(15(16)23)5-8-20-9-6-17;/h2-4,15,20,23H,5-10H2,1H3,(H,21,22);1H/t15-,16+;/m0./s1. The molecule has 1 spiro atoms. The van der Waals surface area contributed by atoms with Gasteiger partial charge in [-0.3, -0.25) is 4.79 Å². The van der Waals surface area contributed by atoms with E-state index in [1.54, 1.807) is 18.2 Å². The molecule has 0 bridgehead atoms. The Labute approximate surface area is 163 Å². The van der Waals surface area contributed by atoms with Crippen LogP contribution in [-0.2, 0) is 4.74 Å². The van der Waals surface area contributed by atoms with Gasteiger partial charge in [0.2, 0.25) is 0 Å². The molecular formula is C17H23Cl3N2O3. The van der Waals surface area contributed by atoms with Gasteiger partial charge in [0.1, 0.15) is 6.10 Å². The van der Waals surface area contributed by atoms with Gasteiger partial charge in [-0.15, -0.1) is 12.4 Å². The third-order valence-corrected chi connectivity index (χ3v) is 5.98. The summed E-state index contributed by atoms with van der Waals surface area (Å²) >= 11 is 12.1. The summed E-state index contributed by atoms with van der Waals surface area (Å²) in [5, 5.41) is 17.8. The molecule has 2 fully saturated rings. The van der Waals surface area contributed by atoms with Crippen LogP contribution in [0.2, 0.25) is 10.0 Å². The second kappa shape index (κ2) is 7.99. The predicted molar refractivity (Wildman–Crippen MR) is 101 cm³/mol. The molecule has 1 aromatic carbocycles. The first kappa shape index (κ1) is 20.7. The second-order valence-corrected chi connectivity index (χ2v) is 7.57. The van der Waals surface area contributed by atoms with Gasteiger partial charge in [0.15, 0.2) is 0 Å². The van der Waals surface area contributed by atoms with Crippen molar-refractivity contribution in [2.45, 2.75) is 43.4 Å². The highest BCUT2D eigenvalue weighted by molar-refractivity contribution is 6.43. The number of hydrogen-bond donors (Lipinski definition) is 3. The lowest BCUT2D eigenvalue weighted by Gasteiger charge is -2.52. The molecule has 2 heterocycles. The Hall–Kier alpha value is -0.560. The molecule has 0 unspecified atom stereocenters. The Kier molecular flexibility index (Phi) is 6.63. The summed E-state index contributed by atoms with van der Waals surface area (Å²) in [6, 6.07) is 4.94. The number of carbonyl (C=O) groups excluding carboxylic acids is 1. The van der Waals surface area contributed by atoms with Crippen molar-refractivity contribution in [2.24, 2.45) is 0 Å². The number of piperidine rings is 1. The summed E-state index contributed by atoms with van der Waals surface area (Å²) in [7, 11) is 0. The van der Waals surface area contributed by atoms with Crippen molar-refractivity contribution >= 4 is 41.5 Å². The molecule has 0 radical (unpaired) electrons. The number of halogens is 3. The first-order chi connectivity index (χ1) is 11.4. The average molecular weight is 410 g/mol. The van der Waals surface area contributed by atoms with Gasteiger partial charge in [0.25, 0.3) is 5.91 Å². The normalized spacial score (nSPS) is 28.2. The fourth-order valence-electron chi connectivity index (χ4n) is 3.67. The van der Waals surface area contributed by atoms with Gasteiger partial charge in [0.05, 0.1) is 26.7 Å². The SMILES string of the molecule is C[C@@]1(NC(=O)c2cccc(Cl)c2Cl)CCOC2(CCNCC2)[C@H]1O.Cl. The number of rotatable bonds is 2. The molecule has 3 N–H and O–H groups in total. The maximum absolute atomic E-state index is 12.7. The molecule has 25 heavy (non-hydrogen) atoms. The Morgan fingerprint density at radius 1 is 1.32 bits per heavy atom. The number of benzene rings is 1. The minimum atomic E-state index is -0.789. The van der Waals surface area contributed by atoms with Gasteiger partial charge in [-0.1, -0.05) is 29.3 Å². The highest BCUT2D eigenvalue weighted by Gasteiger charge is 2.53. The molecule has 0 saturated carbocycles. The molecule has 1 amide bonds. The van der Waals surface area contributed by atoms with Crippen LogP contribution in [0, 0.1) is 0 Å². The van der Waals surface area contributed by atoms with E-state index in [4.69, 9.17) is 27.9 Å². The first-order valence-electron chi connectivity index (χ1n) is 8.17. The van der Waals surface area contributed by atoms with Gasteiger partial charge in [0, 0.05) is 6.61 Å². The van der Waals surface area contributed by atoms with E-state index in [2.05, 4.69) is 10.6 Å². The third kappa shape index (κ3) is 3.92. The van der Waals surface area contributed by atoms with Crippen LogP contribution in [0.25, 0.3) is 0 Å². The molecular weight excluding hydrogens is 387 g/mol. The minimum Gasteiger partial charge on any atom is -0.388 e. The molecule has 0 aliphatic carbocycles. The van der Waals surface area contributed by atoms with E-state index in [9.17, 15) is 9.90 Å². The predicted octanol–water partition coefficient (Wildman–Crippen LogP) is 2.81. The number of hydrogen-bond acceptors (Lipinski definition) is 4. The van der Waals surface area contributed by atoms with Crippen molar-refractivity contribution in [3.8, 4) is 0 Å². The van der Waals surface area contributed by atoms with E-state index in [1.165, 1.54) is 0 Å². The number of aliphatic hydroxyl groups excluding tert-OH is 1. The number of ether oxygens (including phenoxy) is 1. The fourth-order valence-corrected chi connectivity index (χ4v) is 4.05. The zero-order valence-corrected chi connectivity index (χ0v) is 16.3. The number of carbonyl (C=O) groups is 1. The van der Waals surface area contributed by atoms with Crippen LogP contribution in [0.5, 0.6) is 0 Å². The lowest BCUT2D eigenvalue weighted by Crippen LogP contribution is -2.69. The van der Waals surface area contributed by atoms with E-state index in [-0.39, 0.29) is 23.3 Å². The lowest BCUT2D eigenvalue weighted by atomic mass is 9.73. The van der Waals surface area contributed by atoms with Crippen molar-refractivity contribution in [3.63, 3.8) is 0 Å². The van der Waals surface area contributed by atoms with E-state index >= 15 is 0 Å². The van der Waals surface area contributed by atoms with E-state index < -0.39 is 17.2 Å². The summed E-state index contributed by atoms with van der Waals surface area (Å²) in [5.41, 5.74) is -1.08. The molecule has 2 atom stereocenters. The largest absolute Gasteiger partial charge is 0.388 e. The Bertz CT molecular complexity index is 632. The van der Waals surface area contributed by atoms with Crippen LogP contribution < -0.4 is 10.6 Å². The Morgan fingerprint density at radius 3 is 2.68 bits per heavy atom. The molecule has 1 aromatic rings. The summed E-state index contributed by atoms with van der Waals surface area (Å²) in [6.45, 7) is 3.94. The molecule has 2 aliphatic rings. The van der Waals surface area contributed by atoms with Crippen LogP contribution in [0.15, 0.2) is 18.2 Å². The number of nitrogens with one attached hydrogen (secondary N) is 2. The zero-order chi connectivity index (χ0) is 17.4. The monoisotopic (exact) mass is 408 g/mol. The molecule has 8 heteroatoms. The maximum atomic E-state index is 12.7. The molecule has 2 aliphatic heterocycles. The van der Waals surface area contributed by atoms with Crippen LogP contribution >= 0.6 is 35.6 Å². The van der Waals surface area contributed by atoms with Crippen molar-refractivity contribution < 1.29 is 14.6 Å². The van der Waals surface area contributed by atoms with Crippen molar-refractivity contribution in [2.75, 3.05) is 19.7 Å². The van der Waals surface area contributed by atoms with E-state index in [1.807, 2.05) is 6.92 Å². The minimum absolute atomic E-state index is 0. The first-order valence-corrected chi connectivity index (χ1v) is 8.93. The van der Waals surface area contributed by atoms with Crippen LogP contribution in [0.3, 0.4) is 0 Å². The topological polar surface area (TPSA) is 70.6 Å².